The summed E-state index contributed by atoms with van der Waals surface area (Å²) >= 11 is 14.2. The van der Waals surface area contributed by atoms with Gasteiger partial charge in [0.1, 0.15) is 9.09 Å². The van der Waals surface area contributed by atoms with Crippen molar-refractivity contribution >= 4 is 57.9 Å². The van der Waals surface area contributed by atoms with Gasteiger partial charge in [-0.1, -0.05) is 47.1 Å². The molecule has 0 unspecified atom stereocenters. The first-order valence-electron chi connectivity index (χ1n) is 8.58. The molecule has 0 bridgehead atoms. The number of nitrogens with zero attached hydrogens (tertiary/aromatic N) is 2. The Kier molecular flexibility index (Phi) is 7.60. The average Bonchev–Trinajstić information content (AvgIpc) is 3.18. The third-order valence-corrected chi connectivity index (χ3v) is 7.28. The Morgan fingerprint density at radius 2 is 1.97 bits per heavy atom. The van der Waals surface area contributed by atoms with Crippen LogP contribution in [0.2, 0.25) is 10.0 Å². The highest BCUT2D eigenvalue weighted by Crippen LogP contribution is 2.45. The highest BCUT2D eigenvalue weighted by Gasteiger charge is 2.25. The van der Waals surface area contributed by atoms with Crippen LogP contribution in [0, 0.1) is 10.1 Å². The van der Waals surface area contributed by atoms with E-state index in [1.807, 2.05) is 0 Å². The maximum absolute atomic E-state index is 12.7. The second kappa shape index (κ2) is 10.2. The van der Waals surface area contributed by atoms with Crippen molar-refractivity contribution in [3.8, 4) is 11.5 Å². The van der Waals surface area contributed by atoms with Gasteiger partial charge in [0.2, 0.25) is 0 Å². The fourth-order valence-electron chi connectivity index (χ4n) is 2.62. The summed E-state index contributed by atoms with van der Waals surface area (Å²) in [4.78, 5) is 28.1. The summed E-state index contributed by atoms with van der Waals surface area (Å²) < 4.78 is 10.9. The average molecular weight is 500 g/mol. The molecule has 0 fully saturated rings. The van der Waals surface area contributed by atoms with Crippen molar-refractivity contribution in [3.63, 3.8) is 0 Å². The monoisotopic (exact) mass is 499 g/mol. The van der Waals surface area contributed by atoms with E-state index in [0.29, 0.717) is 22.0 Å². The minimum atomic E-state index is -0.552. The highest BCUT2D eigenvalue weighted by atomic mass is 35.5. The molecule has 2 aromatic heterocycles. The van der Waals surface area contributed by atoms with Crippen molar-refractivity contribution in [3.05, 3.63) is 67.3 Å². The van der Waals surface area contributed by atoms with Crippen molar-refractivity contribution in [2.75, 3.05) is 14.2 Å². The normalized spacial score (nSPS) is 10.6. The molecule has 0 atom stereocenters. The molecule has 2 heterocycles. The first kappa shape index (κ1) is 23.1. The quantitative estimate of drug-likeness (QED) is 0.324. The first-order chi connectivity index (χ1) is 14.8. The molecule has 1 amide bonds. The van der Waals surface area contributed by atoms with Gasteiger partial charge in [0.25, 0.3) is 11.6 Å². The Balaban J connectivity index is 1.83. The predicted octanol–water partition coefficient (Wildman–Crippen LogP) is 5.46. The summed E-state index contributed by atoms with van der Waals surface area (Å²) in [6.07, 6.45) is 2.79. The lowest BCUT2D eigenvalue weighted by atomic mass is 10.2. The van der Waals surface area contributed by atoms with Gasteiger partial charge in [-0.15, -0.1) is 11.3 Å². The zero-order valence-electron chi connectivity index (χ0n) is 16.2. The van der Waals surface area contributed by atoms with Gasteiger partial charge in [0.15, 0.2) is 11.5 Å². The number of methoxy groups -OCH3 is 2. The minimum absolute atomic E-state index is 0.148. The third-order valence-electron chi connectivity index (χ3n) is 4.03. The number of amides is 1. The van der Waals surface area contributed by atoms with Crippen LogP contribution in [0.3, 0.4) is 0 Å². The number of para-hydroxylation sites is 1. The van der Waals surface area contributed by atoms with E-state index in [2.05, 4.69) is 10.3 Å². The number of hydrogen-bond acceptors (Lipinski definition) is 8. The van der Waals surface area contributed by atoms with Gasteiger partial charge in [0.05, 0.1) is 34.1 Å². The topological polar surface area (TPSA) is 104 Å². The second-order valence-electron chi connectivity index (χ2n) is 5.91. The van der Waals surface area contributed by atoms with Gasteiger partial charge in [0, 0.05) is 30.6 Å². The Labute approximate surface area is 195 Å². The number of thiophene rings is 1. The van der Waals surface area contributed by atoms with Crippen LogP contribution in [0.1, 0.15) is 15.2 Å². The summed E-state index contributed by atoms with van der Waals surface area (Å²) in [7, 11) is 3.02. The third kappa shape index (κ3) is 5.21. The summed E-state index contributed by atoms with van der Waals surface area (Å²) in [5, 5.41) is 14.8. The van der Waals surface area contributed by atoms with Gasteiger partial charge >= 0.3 is 0 Å². The number of nitrogens with one attached hydrogen (secondary N) is 1. The van der Waals surface area contributed by atoms with Crippen LogP contribution in [-0.2, 0) is 6.54 Å². The predicted molar refractivity (Wildman–Crippen MR) is 120 cm³/mol. The van der Waals surface area contributed by atoms with E-state index < -0.39 is 10.8 Å². The molecule has 0 saturated heterocycles. The number of carbonyl (C=O) groups excluding carboxylic acids is 1. The van der Waals surface area contributed by atoms with Gasteiger partial charge in [-0.2, -0.15) is 0 Å². The van der Waals surface area contributed by atoms with E-state index in [-0.39, 0.29) is 31.4 Å². The summed E-state index contributed by atoms with van der Waals surface area (Å²) in [5.74, 6) is 0.572. The Hall–Kier alpha value is -2.53. The summed E-state index contributed by atoms with van der Waals surface area (Å²) in [6, 6.07) is 6.53. The number of aromatic nitrogens is 1. The largest absolute Gasteiger partial charge is 0.493 e. The number of hydrogen-bond donors (Lipinski definition) is 1. The van der Waals surface area contributed by atoms with E-state index >= 15 is 0 Å². The van der Waals surface area contributed by atoms with Gasteiger partial charge in [-0.05, 0) is 6.07 Å². The van der Waals surface area contributed by atoms with E-state index in [1.165, 1.54) is 32.7 Å². The first-order valence-corrected chi connectivity index (χ1v) is 11.0. The van der Waals surface area contributed by atoms with Crippen LogP contribution in [0.15, 0.2) is 45.8 Å². The maximum Gasteiger partial charge on any atom is 0.294 e. The molecule has 3 aromatic rings. The maximum atomic E-state index is 12.7. The van der Waals surface area contributed by atoms with Crippen LogP contribution in [0.4, 0.5) is 5.69 Å². The van der Waals surface area contributed by atoms with Gasteiger partial charge in [-0.3, -0.25) is 19.9 Å². The number of ether oxygens (including phenoxy) is 2. The van der Waals surface area contributed by atoms with E-state index in [4.69, 9.17) is 32.7 Å². The molecule has 3 rings (SSSR count). The van der Waals surface area contributed by atoms with E-state index in [1.54, 1.807) is 18.2 Å². The fourth-order valence-corrected chi connectivity index (χ4v) is 5.40. The summed E-state index contributed by atoms with van der Waals surface area (Å²) in [6.45, 7) is 0.148. The molecule has 0 aliphatic heterocycles. The van der Waals surface area contributed by atoms with Crippen molar-refractivity contribution in [2.45, 2.75) is 15.6 Å². The lowest BCUT2D eigenvalue weighted by Gasteiger charge is -2.12. The van der Waals surface area contributed by atoms with Crippen LogP contribution >= 0.6 is 46.3 Å². The van der Waals surface area contributed by atoms with Crippen molar-refractivity contribution in [1.29, 1.82) is 0 Å². The minimum Gasteiger partial charge on any atom is -0.493 e. The van der Waals surface area contributed by atoms with Crippen LogP contribution in [0.25, 0.3) is 0 Å². The number of benzene rings is 1. The van der Waals surface area contributed by atoms with Crippen molar-refractivity contribution in [2.24, 2.45) is 0 Å². The number of rotatable bonds is 8. The molecular formula is C19H15Cl2N3O5S2. The van der Waals surface area contributed by atoms with Crippen LogP contribution in [0.5, 0.6) is 11.5 Å². The second-order valence-corrected chi connectivity index (χ2v) is 9.06. The van der Waals surface area contributed by atoms with Crippen LogP contribution < -0.4 is 14.8 Å². The molecule has 0 aliphatic carbocycles. The standard InChI is InChI=1S/C19H15Cl2N3O5S2/c1-28-14-5-3-4-10(16(14)29-2)7-23-18(25)15-6-13(24(26)27)19(30-15)31-17-11(20)8-22-9-12(17)21/h3-6,8-9H,7H2,1-2H3,(H,23,25). The smallest absolute Gasteiger partial charge is 0.294 e. The summed E-state index contributed by atoms with van der Waals surface area (Å²) in [5.41, 5.74) is 0.495. The molecular weight excluding hydrogens is 485 g/mol. The van der Waals surface area contributed by atoms with Crippen molar-refractivity contribution in [1.82, 2.24) is 10.3 Å². The number of nitro groups is 1. The molecule has 0 saturated carbocycles. The number of pyridine rings is 1. The molecule has 8 nitrogen and oxygen atoms in total. The SMILES string of the molecule is COc1cccc(CNC(=O)c2cc([N+](=O)[O-])c(Sc3c(Cl)cncc3Cl)s2)c1OC. The van der Waals surface area contributed by atoms with Crippen molar-refractivity contribution < 1.29 is 19.2 Å². The highest BCUT2D eigenvalue weighted by molar-refractivity contribution is 8.01. The zero-order valence-corrected chi connectivity index (χ0v) is 19.3. The molecule has 12 heteroatoms. The molecule has 0 aliphatic rings. The molecule has 0 radical (unpaired) electrons. The molecule has 1 aromatic carbocycles. The Morgan fingerprint density at radius 1 is 1.26 bits per heavy atom. The Morgan fingerprint density at radius 3 is 2.58 bits per heavy atom. The number of halogens is 2. The molecule has 0 spiro atoms. The van der Waals surface area contributed by atoms with Gasteiger partial charge in [-0.25, -0.2) is 0 Å². The van der Waals surface area contributed by atoms with Gasteiger partial charge < -0.3 is 14.8 Å². The molecule has 1 N–H and O–H groups in total. The lowest BCUT2D eigenvalue weighted by Crippen LogP contribution is -2.22. The lowest BCUT2D eigenvalue weighted by molar-refractivity contribution is -0.387. The van der Waals surface area contributed by atoms with Crippen LogP contribution in [-0.4, -0.2) is 30.0 Å². The zero-order chi connectivity index (χ0) is 22.5. The fraction of sp³-hybridized carbons (Fsp3) is 0.158. The Bertz CT molecular complexity index is 1120. The molecule has 31 heavy (non-hydrogen) atoms. The number of carbonyl (C=O) groups is 1. The molecule has 162 valence electrons. The van der Waals surface area contributed by atoms with E-state index in [9.17, 15) is 14.9 Å². The van der Waals surface area contributed by atoms with E-state index in [0.717, 1.165) is 23.1 Å².